The number of aromatic nitrogens is 2. The van der Waals surface area contributed by atoms with Crippen molar-refractivity contribution in [1.29, 1.82) is 0 Å². The summed E-state index contributed by atoms with van der Waals surface area (Å²) in [7, 11) is 0. The number of carbonyl (C=O) groups excluding carboxylic acids is 1. The van der Waals surface area contributed by atoms with Gasteiger partial charge in [0.1, 0.15) is 6.10 Å². The largest absolute Gasteiger partial charge is 0.368 e. The third-order valence-electron chi connectivity index (χ3n) is 4.09. The molecule has 0 bridgehead atoms. The molecule has 116 valence electrons. The SMILES string of the molecule is CC(=O)N1CCCN(Cc2noc(C3CCCO3)n2)CC1. The van der Waals surface area contributed by atoms with E-state index in [4.69, 9.17) is 9.26 Å². The van der Waals surface area contributed by atoms with Gasteiger partial charge in [0, 0.05) is 39.7 Å². The van der Waals surface area contributed by atoms with Gasteiger partial charge in [-0.05, 0) is 19.3 Å². The Morgan fingerprint density at radius 2 is 2.19 bits per heavy atom. The van der Waals surface area contributed by atoms with Gasteiger partial charge in [-0.3, -0.25) is 9.69 Å². The number of amides is 1. The van der Waals surface area contributed by atoms with Crippen LogP contribution in [0.25, 0.3) is 0 Å². The summed E-state index contributed by atoms with van der Waals surface area (Å²) in [5, 5.41) is 4.05. The molecule has 21 heavy (non-hydrogen) atoms. The van der Waals surface area contributed by atoms with E-state index in [9.17, 15) is 4.79 Å². The zero-order valence-corrected chi connectivity index (χ0v) is 12.5. The molecule has 0 radical (unpaired) electrons. The third kappa shape index (κ3) is 3.59. The molecule has 0 spiro atoms. The van der Waals surface area contributed by atoms with Crippen molar-refractivity contribution in [3.05, 3.63) is 11.7 Å². The number of rotatable bonds is 3. The molecule has 0 saturated carbocycles. The fourth-order valence-corrected chi connectivity index (χ4v) is 2.88. The Balaban J connectivity index is 1.55. The van der Waals surface area contributed by atoms with Crippen LogP contribution in [0.2, 0.25) is 0 Å². The molecule has 7 heteroatoms. The van der Waals surface area contributed by atoms with Crippen LogP contribution in [-0.4, -0.2) is 58.6 Å². The van der Waals surface area contributed by atoms with Gasteiger partial charge in [-0.25, -0.2) is 0 Å². The van der Waals surface area contributed by atoms with Gasteiger partial charge in [0.2, 0.25) is 5.91 Å². The minimum absolute atomic E-state index is 0.0245. The molecule has 1 unspecified atom stereocenters. The third-order valence-corrected chi connectivity index (χ3v) is 4.09. The van der Waals surface area contributed by atoms with Crippen LogP contribution in [-0.2, 0) is 16.1 Å². The van der Waals surface area contributed by atoms with Crippen molar-refractivity contribution in [3.63, 3.8) is 0 Å². The van der Waals surface area contributed by atoms with Crippen LogP contribution in [0.15, 0.2) is 4.52 Å². The Labute approximate surface area is 124 Å². The number of ether oxygens (including phenoxy) is 1. The Hall–Kier alpha value is -1.47. The second-order valence-electron chi connectivity index (χ2n) is 5.69. The van der Waals surface area contributed by atoms with Crippen LogP contribution in [0.1, 0.15) is 44.0 Å². The first-order chi connectivity index (χ1) is 10.2. The van der Waals surface area contributed by atoms with E-state index < -0.39 is 0 Å². The van der Waals surface area contributed by atoms with Gasteiger partial charge >= 0.3 is 0 Å². The Morgan fingerprint density at radius 1 is 1.29 bits per heavy atom. The quantitative estimate of drug-likeness (QED) is 0.827. The Bertz CT molecular complexity index is 484. The van der Waals surface area contributed by atoms with Crippen LogP contribution >= 0.6 is 0 Å². The first-order valence-corrected chi connectivity index (χ1v) is 7.64. The summed E-state index contributed by atoms with van der Waals surface area (Å²) >= 11 is 0. The molecule has 3 heterocycles. The van der Waals surface area contributed by atoms with Crippen molar-refractivity contribution in [2.24, 2.45) is 0 Å². The summed E-state index contributed by atoms with van der Waals surface area (Å²) in [4.78, 5) is 20.0. The molecule has 1 amide bonds. The molecule has 7 nitrogen and oxygen atoms in total. The molecule has 1 aromatic rings. The Morgan fingerprint density at radius 3 is 2.95 bits per heavy atom. The van der Waals surface area contributed by atoms with E-state index in [2.05, 4.69) is 15.0 Å². The van der Waals surface area contributed by atoms with Gasteiger partial charge < -0.3 is 14.2 Å². The van der Waals surface area contributed by atoms with Gasteiger partial charge in [-0.15, -0.1) is 0 Å². The highest BCUT2D eigenvalue weighted by Crippen LogP contribution is 2.27. The molecular weight excluding hydrogens is 272 g/mol. The molecule has 3 rings (SSSR count). The maximum atomic E-state index is 11.4. The minimum atomic E-state index is -0.0245. The summed E-state index contributed by atoms with van der Waals surface area (Å²) in [6.45, 7) is 6.47. The zero-order valence-electron chi connectivity index (χ0n) is 12.5. The van der Waals surface area contributed by atoms with Crippen molar-refractivity contribution in [2.45, 2.75) is 38.8 Å². The van der Waals surface area contributed by atoms with Gasteiger partial charge in [0.15, 0.2) is 5.82 Å². The van der Waals surface area contributed by atoms with Crippen LogP contribution in [0.5, 0.6) is 0 Å². The summed E-state index contributed by atoms with van der Waals surface area (Å²) in [6.07, 6.45) is 2.97. The van der Waals surface area contributed by atoms with Crippen LogP contribution in [0, 0.1) is 0 Å². The number of hydrogen-bond donors (Lipinski definition) is 0. The van der Waals surface area contributed by atoms with Crippen molar-refractivity contribution >= 4 is 5.91 Å². The van der Waals surface area contributed by atoms with Crippen molar-refractivity contribution in [2.75, 3.05) is 32.8 Å². The standard InChI is InChI=1S/C14H22N4O3/c1-11(19)18-6-3-5-17(7-8-18)10-13-15-14(21-16-13)12-4-2-9-20-12/h12H,2-10H2,1H3. The maximum absolute atomic E-state index is 11.4. The molecule has 1 atom stereocenters. The van der Waals surface area contributed by atoms with E-state index in [0.717, 1.165) is 52.0 Å². The molecule has 0 aromatic carbocycles. The normalized spacial score (nSPS) is 24.2. The maximum Gasteiger partial charge on any atom is 0.255 e. The fourth-order valence-electron chi connectivity index (χ4n) is 2.88. The molecular formula is C14H22N4O3. The number of carbonyl (C=O) groups is 1. The second-order valence-corrected chi connectivity index (χ2v) is 5.69. The predicted molar refractivity (Wildman–Crippen MR) is 74.4 cm³/mol. The van der Waals surface area contributed by atoms with E-state index in [1.165, 1.54) is 0 Å². The second kappa shape index (κ2) is 6.53. The molecule has 2 aliphatic rings. The van der Waals surface area contributed by atoms with E-state index in [1.54, 1.807) is 6.92 Å². The first kappa shape index (κ1) is 14.5. The first-order valence-electron chi connectivity index (χ1n) is 7.64. The van der Waals surface area contributed by atoms with Crippen LogP contribution in [0.4, 0.5) is 0 Å². The minimum Gasteiger partial charge on any atom is -0.368 e. The van der Waals surface area contributed by atoms with Crippen LogP contribution in [0.3, 0.4) is 0 Å². The smallest absolute Gasteiger partial charge is 0.255 e. The highest BCUT2D eigenvalue weighted by Gasteiger charge is 2.24. The van der Waals surface area contributed by atoms with E-state index in [-0.39, 0.29) is 12.0 Å². The van der Waals surface area contributed by atoms with Crippen molar-refractivity contribution < 1.29 is 14.1 Å². The lowest BCUT2D eigenvalue weighted by atomic mass is 10.2. The summed E-state index contributed by atoms with van der Waals surface area (Å²) < 4.78 is 10.9. The Kier molecular flexibility index (Phi) is 4.50. The summed E-state index contributed by atoms with van der Waals surface area (Å²) in [5.74, 6) is 1.46. The average molecular weight is 294 g/mol. The predicted octanol–water partition coefficient (Wildman–Crippen LogP) is 0.975. The van der Waals surface area contributed by atoms with Gasteiger partial charge in [-0.2, -0.15) is 4.98 Å². The molecule has 2 aliphatic heterocycles. The van der Waals surface area contributed by atoms with E-state index >= 15 is 0 Å². The van der Waals surface area contributed by atoms with E-state index in [0.29, 0.717) is 18.3 Å². The lowest BCUT2D eigenvalue weighted by molar-refractivity contribution is -0.128. The molecule has 0 N–H and O–H groups in total. The van der Waals surface area contributed by atoms with Crippen molar-refractivity contribution in [3.8, 4) is 0 Å². The molecule has 0 aliphatic carbocycles. The lowest BCUT2D eigenvalue weighted by Crippen LogP contribution is -2.33. The highest BCUT2D eigenvalue weighted by atomic mass is 16.5. The molecule has 2 saturated heterocycles. The van der Waals surface area contributed by atoms with Crippen LogP contribution < -0.4 is 0 Å². The van der Waals surface area contributed by atoms with Gasteiger partial charge in [0.25, 0.3) is 5.89 Å². The fraction of sp³-hybridized carbons (Fsp3) is 0.786. The topological polar surface area (TPSA) is 71.7 Å². The molecule has 2 fully saturated rings. The lowest BCUT2D eigenvalue weighted by Gasteiger charge is -2.19. The highest BCUT2D eigenvalue weighted by molar-refractivity contribution is 5.73. The molecule has 1 aromatic heterocycles. The summed E-state index contributed by atoms with van der Waals surface area (Å²) in [5.41, 5.74) is 0. The zero-order chi connectivity index (χ0) is 14.7. The van der Waals surface area contributed by atoms with Gasteiger partial charge in [0.05, 0.1) is 6.54 Å². The van der Waals surface area contributed by atoms with Crippen molar-refractivity contribution in [1.82, 2.24) is 19.9 Å². The average Bonchev–Trinajstić information content (AvgIpc) is 3.07. The monoisotopic (exact) mass is 294 g/mol. The number of nitrogens with zero attached hydrogens (tertiary/aromatic N) is 4. The summed E-state index contributed by atoms with van der Waals surface area (Å²) in [6, 6.07) is 0. The number of hydrogen-bond acceptors (Lipinski definition) is 6. The van der Waals surface area contributed by atoms with E-state index in [1.807, 2.05) is 4.90 Å². The van der Waals surface area contributed by atoms with Gasteiger partial charge in [-0.1, -0.05) is 5.16 Å².